The summed E-state index contributed by atoms with van der Waals surface area (Å²) < 4.78 is 11.6. The predicted molar refractivity (Wildman–Crippen MR) is 114 cm³/mol. The minimum absolute atomic E-state index is 0.196. The Morgan fingerprint density at radius 2 is 2.07 bits per heavy atom. The largest absolute Gasteiger partial charge is 0.463 e. The summed E-state index contributed by atoms with van der Waals surface area (Å²) in [4.78, 5) is 36.9. The average Bonchev–Trinajstić information content (AvgIpc) is 2.93. The van der Waals surface area contributed by atoms with E-state index in [0.29, 0.717) is 38.0 Å². The maximum Gasteiger partial charge on any atom is 0.333 e. The lowest BCUT2D eigenvalue weighted by atomic mass is 10.2. The summed E-state index contributed by atoms with van der Waals surface area (Å²) in [6, 6.07) is 4.90. The second-order valence-electron chi connectivity index (χ2n) is 5.75. The fourth-order valence-corrected chi connectivity index (χ4v) is 3.81. The lowest BCUT2D eigenvalue weighted by Gasteiger charge is -2.05. The Balaban J connectivity index is 2.50. The van der Waals surface area contributed by atoms with Gasteiger partial charge in [0.1, 0.15) is 11.2 Å². The van der Waals surface area contributed by atoms with Crippen LogP contribution < -0.4 is 20.1 Å². The number of benzene rings is 1. The summed E-state index contributed by atoms with van der Waals surface area (Å²) in [5.41, 5.74) is 0.173. The second-order valence-corrected chi connectivity index (χ2v) is 7.65. The molecule has 2 aromatic rings. The fourth-order valence-electron chi connectivity index (χ4n) is 2.33. The van der Waals surface area contributed by atoms with Gasteiger partial charge in [-0.15, -0.1) is 11.3 Å². The van der Waals surface area contributed by atoms with E-state index < -0.39 is 11.5 Å². The molecule has 0 saturated carbocycles. The molecule has 2 rings (SSSR count). The quantitative estimate of drug-likeness (QED) is 0.473. The van der Waals surface area contributed by atoms with Gasteiger partial charge in [-0.25, -0.2) is 4.79 Å². The second kappa shape index (κ2) is 11.2. The molecule has 0 atom stereocenters. The molecule has 1 N–H and O–H groups in total. The Bertz CT molecular complexity index is 1060. The predicted octanol–water partition coefficient (Wildman–Crippen LogP) is 1.15. The molecular formula is C19H20Cl2N2O5S. The highest BCUT2D eigenvalue weighted by Gasteiger charge is 2.11. The summed E-state index contributed by atoms with van der Waals surface area (Å²) in [6.45, 7) is 2.29. The first-order valence-corrected chi connectivity index (χ1v) is 10.2. The Morgan fingerprint density at radius 1 is 1.31 bits per heavy atom. The van der Waals surface area contributed by atoms with Crippen LogP contribution >= 0.6 is 34.5 Å². The summed E-state index contributed by atoms with van der Waals surface area (Å²) in [6.07, 6.45) is 2.78. The normalized spacial score (nSPS) is 12.3. The van der Waals surface area contributed by atoms with Crippen molar-refractivity contribution in [3.05, 3.63) is 53.4 Å². The SMILES string of the molecule is CCOC(=O)C=c1sc(=Cc2ccc(Cl)cc2Cl)c(=O)n1CC(=O)NCCOC. The zero-order valence-electron chi connectivity index (χ0n) is 15.9. The number of rotatable bonds is 8. The smallest absolute Gasteiger partial charge is 0.333 e. The lowest BCUT2D eigenvalue weighted by molar-refractivity contribution is -0.135. The van der Waals surface area contributed by atoms with Crippen LogP contribution in [0.4, 0.5) is 0 Å². The van der Waals surface area contributed by atoms with Gasteiger partial charge in [0, 0.05) is 23.7 Å². The van der Waals surface area contributed by atoms with Crippen LogP contribution in [0.1, 0.15) is 12.5 Å². The molecule has 0 aliphatic heterocycles. The summed E-state index contributed by atoms with van der Waals surface area (Å²) in [5, 5.41) is 3.50. The molecule has 1 aromatic carbocycles. The molecule has 0 saturated heterocycles. The number of esters is 1. The lowest BCUT2D eigenvalue weighted by Crippen LogP contribution is -2.39. The average molecular weight is 459 g/mol. The van der Waals surface area contributed by atoms with Gasteiger partial charge in [-0.05, 0) is 30.7 Å². The van der Waals surface area contributed by atoms with Gasteiger partial charge in [-0.1, -0.05) is 29.3 Å². The molecule has 0 aliphatic carbocycles. The minimum Gasteiger partial charge on any atom is -0.463 e. The summed E-state index contributed by atoms with van der Waals surface area (Å²) in [5.74, 6) is -0.977. The first-order valence-electron chi connectivity index (χ1n) is 8.66. The van der Waals surface area contributed by atoms with Crippen LogP contribution in [0.2, 0.25) is 10.0 Å². The highest BCUT2D eigenvalue weighted by atomic mass is 35.5. The monoisotopic (exact) mass is 458 g/mol. The zero-order chi connectivity index (χ0) is 21.4. The Labute approximate surface area is 181 Å². The third kappa shape index (κ3) is 6.71. The van der Waals surface area contributed by atoms with Gasteiger partial charge in [-0.3, -0.25) is 14.2 Å². The van der Waals surface area contributed by atoms with E-state index in [0.717, 1.165) is 11.3 Å². The van der Waals surface area contributed by atoms with Crippen molar-refractivity contribution in [1.82, 2.24) is 9.88 Å². The number of thiazole rings is 1. The van der Waals surface area contributed by atoms with Gasteiger partial charge in [0.15, 0.2) is 0 Å². The number of hydrogen-bond donors (Lipinski definition) is 1. The standard InChI is InChI=1S/C19H20Cl2N2O5S/c1-3-28-18(25)10-17-23(11-16(24)22-6-7-27-2)19(26)15(29-17)8-12-4-5-13(20)9-14(12)21/h4-5,8-10H,3,6-7,11H2,1-2H3,(H,22,24). The first kappa shape index (κ1) is 23.2. The molecule has 29 heavy (non-hydrogen) atoms. The number of hydrogen-bond acceptors (Lipinski definition) is 6. The van der Waals surface area contributed by atoms with Gasteiger partial charge in [0.05, 0.1) is 23.8 Å². The number of methoxy groups -OCH3 is 1. The molecule has 0 fully saturated rings. The minimum atomic E-state index is -0.599. The van der Waals surface area contributed by atoms with Gasteiger partial charge in [0.2, 0.25) is 5.91 Å². The van der Waals surface area contributed by atoms with E-state index in [1.807, 2.05) is 0 Å². The molecule has 10 heteroatoms. The van der Waals surface area contributed by atoms with Crippen molar-refractivity contribution < 1.29 is 19.1 Å². The summed E-state index contributed by atoms with van der Waals surface area (Å²) >= 11 is 13.1. The molecule has 1 aromatic heterocycles. The number of ether oxygens (including phenoxy) is 2. The fraction of sp³-hybridized carbons (Fsp3) is 0.316. The van der Waals surface area contributed by atoms with Gasteiger partial charge in [0.25, 0.3) is 5.56 Å². The number of carbonyl (C=O) groups excluding carboxylic acids is 2. The molecular weight excluding hydrogens is 439 g/mol. The molecule has 0 radical (unpaired) electrons. The van der Waals surface area contributed by atoms with Crippen molar-refractivity contribution in [3.8, 4) is 0 Å². The van der Waals surface area contributed by atoms with Crippen LogP contribution in [0.25, 0.3) is 12.2 Å². The van der Waals surface area contributed by atoms with Crippen LogP contribution in [-0.2, 0) is 25.6 Å². The van der Waals surface area contributed by atoms with E-state index in [1.54, 1.807) is 31.2 Å². The Morgan fingerprint density at radius 3 is 2.72 bits per heavy atom. The number of halogens is 2. The third-order valence-corrected chi connectivity index (χ3v) is 5.27. The number of carbonyl (C=O) groups is 2. The molecule has 1 amide bonds. The maximum atomic E-state index is 12.9. The van der Waals surface area contributed by atoms with Crippen LogP contribution in [0.3, 0.4) is 0 Å². The van der Waals surface area contributed by atoms with E-state index >= 15 is 0 Å². The van der Waals surface area contributed by atoms with Gasteiger partial charge < -0.3 is 14.8 Å². The number of nitrogens with one attached hydrogen (secondary N) is 1. The van der Waals surface area contributed by atoms with E-state index in [-0.39, 0.29) is 19.1 Å². The number of aromatic nitrogens is 1. The van der Waals surface area contributed by atoms with Crippen molar-refractivity contribution in [1.29, 1.82) is 0 Å². The van der Waals surface area contributed by atoms with Crippen molar-refractivity contribution in [3.63, 3.8) is 0 Å². The topological polar surface area (TPSA) is 86.6 Å². The van der Waals surface area contributed by atoms with E-state index in [1.165, 1.54) is 17.8 Å². The van der Waals surface area contributed by atoms with Crippen LogP contribution in [0.5, 0.6) is 0 Å². The number of amides is 1. The van der Waals surface area contributed by atoms with Crippen molar-refractivity contribution in [2.45, 2.75) is 13.5 Å². The molecule has 0 aliphatic rings. The van der Waals surface area contributed by atoms with Crippen molar-refractivity contribution >= 4 is 58.6 Å². The highest BCUT2D eigenvalue weighted by molar-refractivity contribution is 7.07. The molecule has 7 nitrogen and oxygen atoms in total. The molecule has 156 valence electrons. The Kier molecular flexibility index (Phi) is 8.91. The van der Waals surface area contributed by atoms with Crippen molar-refractivity contribution in [2.75, 3.05) is 26.9 Å². The van der Waals surface area contributed by atoms with E-state index in [9.17, 15) is 14.4 Å². The first-order chi connectivity index (χ1) is 13.8. The van der Waals surface area contributed by atoms with Crippen LogP contribution in [-0.4, -0.2) is 43.3 Å². The molecule has 0 unspecified atom stereocenters. The van der Waals surface area contributed by atoms with Gasteiger partial charge >= 0.3 is 5.97 Å². The van der Waals surface area contributed by atoms with E-state index in [4.69, 9.17) is 32.7 Å². The molecule has 0 spiro atoms. The third-order valence-electron chi connectivity index (χ3n) is 3.64. The highest BCUT2D eigenvalue weighted by Crippen LogP contribution is 2.21. The van der Waals surface area contributed by atoms with Gasteiger partial charge in [-0.2, -0.15) is 0 Å². The Hall–Kier alpha value is -2.13. The van der Waals surface area contributed by atoms with Crippen LogP contribution in [0, 0.1) is 0 Å². The van der Waals surface area contributed by atoms with Crippen molar-refractivity contribution in [2.24, 2.45) is 0 Å². The maximum absolute atomic E-state index is 12.9. The zero-order valence-corrected chi connectivity index (χ0v) is 18.2. The number of nitrogens with zero attached hydrogens (tertiary/aromatic N) is 1. The van der Waals surface area contributed by atoms with Crippen LogP contribution in [0.15, 0.2) is 23.0 Å². The molecule has 0 bridgehead atoms. The molecule has 1 heterocycles. The summed E-state index contributed by atoms with van der Waals surface area (Å²) in [7, 11) is 1.52. The van der Waals surface area contributed by atoms with E-state index in [2.05, 4.69) is 5.32 Å².